The summed E-state index contributed by atoms with van der Waals surface area (Å²) in [6.45, 7) is 5.22. The number of nitrogens with two attached hydrogens (primary N) is 1. The normalized spacial score (nSPS) is 18.5. The van der Waals surface area contributed by atoms with Gasteiger partial charge in [0.25, 0.3) is 5.91 Å². The summed E-state index contributed by atoms with van der Waals surface area (Å²) in [6, 6.07) is 17.8. The van der Waals surface area contributed by atoms with Crippen LogP contribution in [0.15, 0.2) is 60.8 Å². The van der Waals surface area contributed by atoms with Gasteiger partial charge in [-0.2, -0.15) is 5.10 Å². The topological polar surface area (TPSA) is 84.4 Å². The first-order valence-corrected chi connectivity index (χ1v) is 9.93. The van der Waals surface area contributed by atoms with Crippen molar-refractivity contribution in [2.45, 2.75) is 31.7 Å². The Morgan fingerprint density at radius 2 is 1.77 bits per heavy atom. The lowest BCUT2D eigenvalue weighted by atomic mass is 9.95. The predicted molar refractivity (Wildman–Crippen MR) is 120 cm³/mol. The fourth-order valence-corrected chi connectivity index (χ4v) is 3.86. The van der Waals surface area contributed by atoms with Crippen molar-refractivity contribution in [2.75, 3.05) is 13.1 Å². The molecule has 158 valence electrons. The molecule has 1 amide bonds. The second-order valence-corrected chi connectivity index (χ2v) is 7.94. The molecule has 30 heavy (non-hydrogen) atoms. The molecule has 2 heterocycles. The van der Waals surface area contributed by atoms with E-state index < -0.39 is 0 Å². The lowest BCUT2D eigenvalue weighted by molar-refractivity contribution is 0.0780. The minimum Gasteiger partial charge on any atom is -0.504 e. The third-order valence-electron chi connectivity index (χ3n) is 5.60. The highest BCUT2D eigenvalue weighted by Crippen LogP contribution is 2.29. The minimum absolute atomic E-state index is 0. The van der Waals surface area contributed by atoms with Crippen LogP contribution in [-0.4, -0.2) is 44.8 Å². The zero-order valence-electron chi connectivity index (χ0n) is 17.1. The number of carbonyl (C=O) groups is 1. The van der Waals surface area contributed by atoms with Crippen LogP contribution in [0.2, 0.25) is 0 Å². The first-order chi connectivity index (χ1) is 13.9. The van der Waals surface area contributed by atoms with Crippen molar-refractivity contribution in [1.82, 2.24) is 14.7 Å². The van der Waals surface area contributed by atoms with E-state index in [1.165, 1.54) is 16.4 Å². The maximum atomic E-state index is 13.0. The molecule has 0 bridgehead atoms. The summed E-state index contributed by atoms with van der Waals surface area (Å²) in [5.41, 5.74) is 9.50. The molecule has 1 aromatic heterocycles. The molecule has 7 heteroatoms. The molecule has 1 fully saturated rings. The molecule has 3 N–H and O–H groups in total. The maximum absolute atomic E-state index is 13.0. The molecule has 2 aromatic carbocycles. The van der Waals surface area contributed by atoms with Crippen LogP contribution in [0.3, 0.4) is 0 Å². The van der Waals surface area contributed by atoms with E-state index in [9.17, 15) is 9.90 Å². The van der Waals surface area contributed by atoms with Gasteiger partial charge in [0.1, 0.15) is 0 Å². The van der Waals surface area contributed by atoms with Crippen LogP contribution in [0.4, 0.5) is 0 Å². The molecule has 6 nitrogen and oxygen atoms in total. The Kier molecular flexibility index (Phi) is 6.48. The van der Waals surface area contributed by atoms with Gasteiger partial charge in [-0.15, -0.1) is 12.4 Å². The van der Waals surface area contributed by atoms with E-state index in [2.05, 4.69) is 18.9 Å². The fraction of sp³-hybridized carbons (Fsp3) is 0.304. The number of amides is 1. The summed E-state index contributed by atoms with van der Waals surface area (Å²) in [7, 11) is 0. The lowest BCUT2D eigenvalue weighted by Crippen LogP contribution is -2.32. The number of rotatable bonds is 4. The standard InChI is InChI=1S/C23H26N4O2.ClH/c1-15(2)16-8-10-18(11-9-16)27-14-21(28)22(25-27)23(29)26-12-19(20(24)13-26)17-6-4-3-5-7-17;/h3-11,14-15,19-20,28H,12-13,24H2,1-2H3;1H/t19-,20+;/m0./s1. The van der Waals surface area contributed by atoms with E-state index in [1.54, 1.807) is 4.90 Å². The van der Waals surface area contributed by atoms with Gasteiger partial charge >= 0.3 is 0 Å². The average Bonchev–Trinajstić information content (AvgIpc) is 3.31. The Morgan fingerprint density at radius 1 is 1.10 bits per heavy atom. The van der Waals surface area contributed by atoms with Crippen molar-refractivity contribution in [3.05, 3.63) is 77.6 Å². The van der Waals surface area contributed by atoms with Gasteiger partial charge in [-0.05, 0) is 29.2 Å². The van der Waals surface area contributed by atoms with Crippen molar-refractivity contribution in [3.63, 3.8) is 0 Å². The van der Waals surface area contributed by atoms with Crippen LogP contribution < -0.4 is 5.73 Å². The van der Waals surface area contributed by atoms with E-state index >= 15 is 0 Å². The molecule has 0 radical (unpaired) electrons. The van der Waals surface area contributed by atoms with Gasteiger partial charge in [-0.1, -0.05) is 56.3 Å². The van der Waals surface area contributed by atoms with Gasteiger partial charge in [0.2, 0.25) is 0 Å². The molecular weight excluding hydrogens is 400 g/mol. The SMILES string of the molecule is CC(C)c1ccc(-n2cc(O)c(C(=O)N3C[C@@H](N)[C@H](c4ccccc4)C3)n2)cc1.Cl. The van der Waals surface area contributed by atoms with Crippen LogP contribution in [0, 0.1) is 0 Å². The summed E-state index contributed by atoms with van der Waals surface area (Å²) in [6.07, 6.45) is 1.47. The number of likely N-dealkylation sites (tertiary alicyclic amines) is 1. The molecule has 2 atom stereocenters. The molecule has 4 rings (SSSR count). The smallest absolute Gasteiger partial charge is 0.278 e. The quantitative estimate of drug-likeness (QED) is 0.666. The van der Waals surface area contributed by atoms with Gasteiger partial charge in [0.15, 0.2) is 11.4 Å². The van der Waals surface area contributed by atoms with Gasteiger partial charge in [0.05, 0.1) is 11.9 Å². The number of nitrogens with zero attached hydrogens (tertiary/aromatic N) is 3. The molecule has 0 unspecified atom stereocenters. The number of halogens is 1. The zero-order valence-corrected chi connectivity index (χ0v) is 17.9. The highest BCUT2D eigenvalue weighted by atomic mass is 35.5. The Hall–Kier alpha value is -2.83. The number of carbonyl (C=O) groups excluding carboxylic acids is 1. The van der Waals surface area contributed by atoms with E-state index in [0.717, 1.165) is 11.3 Å². The van der Waals surface area contributed by atoms with E-state index in [0.29, 0.717) is 19.0 Å². The molecule has 0 aliphatic carbocycles. The number of aromatic nitrogens is 2. The lowest BCUT2D eigenvalue weighted by Gasteiger charge is -2.15. The van der Waals surface area contributed by atoms with Gasteiger partial charge < -0.3 is 15.7 Å². The van der Waals surface area contributed by atoms with Crippen molar-refractivity contribution in [3.8, 4) is 11.4 Å². The highest BCUT2D eigenvalue weighted by molar-refractivity contribution is 5.95. The number of hydrogen-bond acceptors (Lipinski definition) is 4. The Morgan fingerprint density at radius 3 is 2.40 bits per heavy atom. The Labute approximate surface area is 182 Å². The Bertz CT molecular complexity index is 1000. The van der Waals surface area contributed by atoms with E-state index in [4.69, 9.17) is 5.73 Å². The summed E-state index contributed by atoms with van der Waals surface area (Å²) >= 11 is 0. The van der Waals surface area contributed by atoms with Crippen molar-refractivity contribution in [2.24, 2.45) is 5.73 Å². The highest BCUT2D eigenvalue weighted by Gasteiger charge is 2.36. The van der Waals surface area contributed by atoms with Crippen LogP contribution in [-0.2, 0) is 0 Å². The van der Waals surface area contributed by atoms with Crippen LogP contribution in [0.25, 0.3) is 5.69 Å². The third kappa shape index (κ3) is 4.20. The third-order valence-corrected chi connectivity index (χ3v) is 5.60. The fourth-order valence-electron chi connectivity index (χ4n) is 3.86. The predicted octanol–water partition coefficient (Wildman–Crippen LogP) is 3.69. The summed E-state index contributed by atoms with van der Waals surface area (Å²) in [5, 5.41) is 14.7. The number of aromatic hydroxyl groups is 1. The van der Waals surface area contributed by atoms with E-state index in [-0.39, 0.29) is 41.7 Å². The maximum Gasteiger partial charge on any atom is 0.278 e. The largest absolute Gasteiger partial charge is 0.504 e. The second-order valence-electron chi connectivity index (χ2n) is 7.94. The van der Waals surface area contributed by atoms with Crippen LogP contribution in [0.5, 0.6) is 5.75 Å². The molecule has 0 spiro atoms. The summed E-state index contributed by atoms with van der Waals surface area (Å²) in [4.78, 5) is 14.7. The van der Waals surface area contributed by atoms with Crippen molar-refractivity contribution < 1.29 is 9.90 Å². The van der Waals surface area contributed by atoms with Crippen molar-refractivity contribution in [1.29, 1.82) is 0 Å². The average molecular weight is 427 g/mol. The molecule has 1 aliphatic heterocycles. The molecule has 3 aromatic rings. The molecule has 1 saturated heterocycles. The van der Waals surface area contributed by atoms with Gasteiger partial charge in [0, 0.05) is 25.0 Å². The van der Waals surface area contributed by atoms with Crippen LogP contribution in [0.1, 0.15) is 47.3 Å². The monoisotopic (exact) mass is 426 g/mol. The van der Waals surface area contributed by atoms with E-state index in [1.807, 2.05) is 54.6 Å². The van der Waals surface area contributed by atoms with Gasteiger partial charge in [-0.3, -0.25) is 4.79 Å². The minimum atomic E-state index is -0.297. The van der Waals surface area contributed by atoms with Crippen molar-refractivity contribution >= 4 is 18.3 Å². The van der Waals surface area contributed by atoms with Gasteiger partial charge in [-0.25, -0.2) is 4.68 Å². The first kappa shape index (κ1) is 21.9. The first-order valence-electron chi connectivity index (χ1n) is 9.93. The number of benzene rings is 2. The second kappa shape index (κ2) is 8.90. The Balaban J connectivity index is 0.00000256. The molecular formula is C23H27ClN4O2. The number of hydrogen-bond donors (Lipinski definition) is 2. The zero-order chi connectivity index (χ0) is 20.5. The summed E-state index contributed by atoms with van der Waals surface area (Å²) in [5.74, 6) is 0.0886. The van der Waals surface area contributed by atoms with Crippen LogP contribution >= 0.6 is 12.4 Å². The molecule has 1 aliphatic rings. The molecule has 0 saturated carbocycles. The summed E-state index contributed by atoms with van der Waals surface area (Å²) < 4.78 is 1.54.